The Morgan fingerprint density at radius 3 is 2.81 bits per heavy atom. The van der Waals surface area contributed by atoms with E-state index in [-0.39, 0.29) is 0 Å². The molecule has 0 saturated heterocycles. The minimum atomic E-state index is -0.998. The van der Waals surface area contributed by atoms with E-state index in [1.165, 1.54) is 6.08 Å². The zero-order valence-corrected chi connectivity index (χ0v) is 8.29. The number of carboxylic acids is 1. The number of aromatic amines is 1. The summed E-state index contributed by atoms with van der Waals surface area (Å²) in [5.41, 5.74) is 1.78. The van der Waals surface area contributed by atoms with Crippen molar-refractivity contribution >= 4 is 12.0 Å². The van der Waals surface area contributed by atoms with Crippen LogP contribution in [0.1, 0.15) is 5.82 Å². The Labute approximate surface area is 91.5 Å². The summed E-state index contributed by atoms with van der Waals surface area (Å²) in [5, 5.41) is 8.46. The average Bonchev–Trinajstić information content (AvgIpc) is 2.76. The minimum absolute atomic E-state index is 0.509. The molecule has 0 unspecified atom stereocenters. The lowest BCUT2D eigenvalue weighted by Crippen LogP contribution is -1.86. The molecule has 0 saturated carbocycles. The molecule has 0 fully saturated rings. The van der Waals surface area contributed by atoms with Crippen LogP contribution in [0.2, 0.25) is 0 Å². The van der Waals surface area contributed by atoms with Gasteiger partial charge < -0.3 is 10.1 Å². The van der Waals surface area contributed by atoms with E-state index in [2.05, 4.69) is 15.0 Å². The molecule has 0 spiro atoms. The molecule has 0 atom stereocenters. The fourth-order valence-corrected chi connectivity index (χ4v) is 1.25. The second-order valence-electron chi connectivity index (χ2n) is 3.09. The van der Waals surface area contributed by atoms with Gasteiger partial charge in [0.15, 0.2) is 0 Å². The molecule has 0 amide bonds. The highest BCUT2D eigenvalue weighted by Crippen LogP contribution is 2.15. The second kappa shape index (κ2) is 4.39. The van der Waals surface area contributed by atoms with Crippen LogP contribution in [-0.4, -0.2) is 26.0 Å². The third-order valence-corrected chi connectivity index (χ3v) is 1.97. The van der Waals surface area contributed by atoms with E-state index in [9.17, 15) is 4.79 Å². The molecule has 80 valence electrons. The molecule has 0 aromatic carbocycles. The first-order chi connectivity index (χ1) is 7.75. The normalized spacial score (nSPS) is 10.8. The molecule has 0 aliphatic heterocycles. The Hall–Kier alpha value is -2.43. The van der Waals surface area contributed by atoms with Gasteiger partial charge in [0.05, 0.1) is 11.9 Å². The fraction of sp³-hybridized carbons (Fsp3) is 0. The van der Waals surface area contributed by atoms with Crippen LogP contribution in [0.15, 0.2) is 36.8 Å². The summed E-state index contributed by atoms with van der Waals surface area (Å²) in [6.45, 7) is 0. The molecule has 2 aromatic rings. The molecule has 0 aliphatic carbocycles. The molecule has 2 rings (SSSR count). The van der Waals surface area contributed by atoms with Crippen molar-refractivity contribution in [1.29, 1.82) is 0 Å². The van der Waals surface area contributed by atoms with Gasteiger partial charge in [0, 0.05) is 24.0 Å². The van der Waals surface area contributed by atoms with Gasteiger partial charge in [-0.2, -0.15) is 0 Å². The van der Waals surface area contributed by atoms with E-state index in [4.69, 9.17) is 5.11 Å². The molecule has 16 heavy (non-hydrogen) atoms. The average molecular weight is 215 g/mol. The van der Waals surface area contributed by atoms with Crippen LogP contribution in [0.25, 0.3) is 17.3 Å². The lowest BCUT2D eigenvalue weighted by molar-refractivity contribution is -0.131. The highest BCUT2D eigenvalue weighted by atomic mass is 16.4. The summed E-state index contributed by atoms with van der Waals surface area (Å²) in [6, 6.07) is 3.69. The number of carboxylic acid groups (broad SMARTS) is 1. The van der Waals surface area contributed by atoms with Gasteiger partial charge in [0.1, 0.15) is 5.82 Å². The van der Waals surface area contributed by atoms with Crippen molar-refractivity contribution in [2.75, 3.05) is 0 Å². The smallest absolute Gasteiger partial charge is 0.328 e. The number of hydrogen-bond acceptors (Lipinski definition) is 3. The van der Waals surface area contributed by atoms with Gasteiger partial charge in [-0.05, 0) is 18.2 Å². The van der Waals surface area contributed by atoms with Crippen LogP contribution in [-0.2, 0) is 4.79 Å². The summed E-state index contributed by atoms with van der Waals surface area (Å²) < 4.78 is 0. The number of aliphatic carboxylic acids is 1. The van der Waals surface area contributed by atoms with Gasteiger partial charge in [0.2, 0.25) is 0 Å². The number of nitrogens with zero attached hydrogens (tertiary/aromatic N) is 2. The minimum Gasteiger partial charge on any atom is -0.478 e. The van der Waals surface area contributed by atoms with Gasteiger partial charge >= 0.3 is 5.97 Å². The lowest BCUT2D eigenvalue weighted by Gasteiger charge is -1.93. The maximum atomic E-state index is 10.3. The number of imidazole rings is 1. The van der Waals surface area contributed by atoms with Crippen molar-refractivity contribution in [2.45, 2.75) is 0 Å². The summed E-state index contributed by atoms with van der Waals surface area (Å²) in [4.78, 5) is 21.3. The lowest BCUT2D eigenvalue weighted by atomic mass is 10.2. The predicted molar refractivity (Wildman–Crippen MR) is 58.5 cm³/mol. The SMILES string of the molecule is O=C(O)/C=C/c1ncc(-c2ccncc2)[nH]1. The molecule has 0 bridgehead atoms. The molecule has 5 nitrogen and oxygen atoms in total. The first kappa shape index (κ1) is 10.1. The third kappa shape index (κ3) is 2.33. The summed E-state index contributed by atoms with van der Waals surface area (Å²) >= 11 is 0. The maximum Gasteiger partial charge on any atom is 0.328 e. The van der Waals surface area contributed by atoms with Crippen LogP contribution in [0.5, 0.6) is 0 Å². The van der Waals surface area contributed by atoms with E-state index >= 15 is 0 Å². The molecule has 2 heterocycles. The van der Waals surface area contributed by atoms with Crippen LogP contribution >= 0.6 is 0 Å². The molecular formula is C11H9N3O2. The summed E-state index contributed by atoms with van der Waals surface area (Å²) in [5.74, 6) is -0.490. The number of nitrogens with one attached hydrogen (secondary N) is 1. The first-order valence-corrected chi connectivity index (χ1v) is 4.62. The number of hydrogen-bond donors (Lipinski definition) is 2. The van der Waals surface area contributed by atoms with E-state index in [1.807, 2.05) is 12.1 Å². The van der Waals surface area contributed by atoms with Crippen molar-refractivity contribution in [3.63, 3.8) is 0 Å². The van der Waals surface area contributed by atoms with Crippen LogP contribution in [0, 0.1) is 0 Å². The number of H-pyrrole nitrogens is 1. The number of aromatic nitrogens is 3. The predicted octanol–water partition coefficient (Wildman–Crippen LogP) is 1.57. The van der Waals surface area contributed by atoms with Crippen molar-refractivity contribution in [1.82, 2.24) is 15.0 Å². The third-order valence-electron chi connectivity index (χ3n) is 1.97. The van der Waals surface area contributed by atoms with Gasteiger partial charge in [-0.3, -0.25) is 4.98 Å². The Balaban J connectivity index is 2.23. The van der Waals surface area contributed by atoms with E-state index < -0.39 is 5.97 Å². The topological polar surface area (TPSA) is 78.9 Å². The zero-order chi connectivity index (χ0) is 11.4. The largest absolute Gasteiger partial charge is 0.478 e. The van der Waals surface area contributed by atoms with Crippen LogP contribution in [0.4, 0.5) is 0 Å². The second-order valence-corrected chi connectivity index (χ2v) is 3.09. The van der Waals surface area contributed by atoms with E-state index in [0.29, 0.717) is 5.82 Å². The number of carbonyl (C=O) groups is 1. The van der Waals surface area contributed by atoms with Crippen LogP contribution in [0.3, 0.4) is 0 Å². The number of rotatable bonds is 3. The Morgan fingerprint density at radius 1 is 1.38 bits per heavy atom. The van der Waals surface area contributed by atoms with Gasteiger partial charge in [-0.25, -0.2) is 9.78 Å². The Morgan fingerprint density at radius 2 is 2.12 bits per heavy atom. The molecule has 2 N–H and O–H groups in total. The standard InChI is InChI=1S/C11H9N3O2/c15-11(16)2-1-10-13-7-9(14-10)8-3-5-12-6-4-8/h1-7H,(H,13,14)(H,15,16)/b2-1+. The molecule has 0 aliphatic rings. The van der Waals surface area contributed by atoms with Crippen molar-refractivity contribution in [3.8, 4) is 11.3 Å². The molecule has 2 aromatic heterocycles. The monoisotopic (exact) mass is 215 g/mol. The van der Waals surface area contributed by atoms with Gasteiger partial charge in [0.25, 0.3) is 0 Å². The summed E-state index contributed by atoms with van der Waals surface area (Å²) in [6.07, 6.45) is 7.46. The molecular weight excluding hydrogens is 206 g/mol. The maximum absolute atomic E-state index is 10.3. The Kier molecular flexibility index (Phi) is 2.77. The highest BCUT2D eigenvalue weighted by molar-refractivity contribution is 5.84. The van der Waals surface area contributed by atoms with Crippen LogP contribution < -0.4 is 0 Å². The van der Waals surface area contributed by atoms with E-state index in [1.54, 1.807) is 18.6 Å². The highest BCUT2D eigenvalue weighted by Gasteiger charge is 2.00. The quantitative estimate of drug-likeness (QED) is 0.761. The van der Waals surface area contributed by atoms with Gasteiger partial charge in [-0.1, -0.05) is 0 Å². The van der Waals surface area contributed by atoms with E-state index in [0.717, 1.165) is 17.3 Å². The van der Waals surface area contributed by atoms with Crippen molar-refractivity contribution in [3.05, 3.63) is 42.6 Å². The molecule has 5 heteroatoms. The van der Waals surface area contributed by atoms with Crippen molar-refractivity contribution in [2.24, 2.45) is 0 Å². The fourth-order valence-electron chi connectivity index (χ4n) is 1.25. The Bertz CT molecular complexity index is 517. The molecule has 0 radical (unpaired) electrons. The van der Waals surface area contributed by atoms with Gasteiger partial charge in [-0.15, -0.1) is 0 Å². The first-order valence-electron chi connectivity index (χ1n) is 4.62. The number of pyridine rings is 1. The zero-order valence-electron chi connectivity index (χ0n) is 8.29. The summed E-state index contributed by atoms with van der Waals surface area (Å²) in [7, 11) is 0. The van der Waals surface area contributed by atoms with Crippen molar-refractivity contribution < 1.29 is 9.90 Å².